The summed E-state index contributed by atoms with van der Waals surface area (Å²) in [5, 5.41) is 0. The predicted molar refractivity (Wildman–Crippen MR) is 135 cm³/mol. The first-order valence-corrected chi connectivity index (χ1v) is 12.9. The molecule has 0 aromatic rings. The summed E-state index contributed by atoms with van der Waals surface area (Å²) in [5.74, 6) is 0.850. The Morgan fingerprint density at radius 1 is 1.24 bits per heavy atom. The molecular weight excluding hydrogens is 415 g/mol. The zero-order valence-electron chi connectivity index (χ0n) is 21.2. The third kappa shape index (κ3) is 9.23. The normalized spacial score (nSPS) is 32.6. The summed E-state index contributed by atoms with van der Waals surface area (Å²) in [6.45, 7) is 9.75. The van der Waals surface area contributed by atoms with E-state index in [0.29, 0.717) is 12.2 Å². The molecule has 1 aliphatic heterocycles. The van der Waals surface area contributed by atoms with Gasteiger partial charge in [-0.3, -0.25) is 4.79 Å². The molecule has 4 heteroatoms. The quantitative estimate of drug-likeness (QED) is 0.365. The van der Waals surface area contributed by atoms with Crippen molar-refractivity contribution in [2.45, 2.75) is 103 Å². The average molecular weight is 461 g/mol. The number of rotatable bonds is 7. The van der Waals surface area contributed by atoms with Gasteiger partial charge in [-0.2, -0.15) is 0 Å². The second kappa shape index (κ2) is 14.6. The molecule has 0 aromatic heterocycles. The third-order valence-corrected chi connectivity index (χ3v) is 7.19. The number of Topliss-reactive ketones (excluding diaryl/α,β-unsaturated/α-hetero) is 1. The van der Waals surface area contributed by atoms with Crippen molar-refractivity contribution >= 4 is 5.78 Å². The summed E-state index contributed by atoms with van der Waals surface area (Å²) in [4.78, 5) is 13.1. The summed E-state index contributed by atoms with van der Waals surface area (Å²) in [7, 11) is 1.54. The molecule has 0 bridgehead atoms. The fourth-order valence-corrected chi connectivity index (χ4v) is 5.08. The Hall–Kier alpha value is -1.68. The highest BCUT2D eigenvalue weighted by Gasteiger charge is 2.30. The molecule has 0 aromatic carbocycles. The largest absolute Gasteiger partial charge is 0.486 e. The van der Waals surface area contributed by atoms with Crippen molar-refractivity contribution in [3.8, 4) is 0 Å². The standard InChI is InChI=1S/C29H45FO3/c1-21-20-22(2)29(24(4)26(31)18-13-17-25-15-10-8-11-16-25)33-23(3)14-9-6-7-12-19-27(32-5)28(21)30/h9,12,14,19-21,24-25,27-29H,3,6-8,10-11,13,15-18H2,1-2,4-5H3/b14-9+,19-12+,22-20-/t21-,24-,27?,28+,29?/m1/s1. The molecule has 3 nitrogen and oxygen atoms in total. The molecule has 1 heterocycles. The number of carbonyl (C=O) groups is 1. The second-order valence-electron chi connectivity index (χ2n) is 9.98. The van der Waals surface area contributed by atoms with Gasteiger partial charge in [0.1, 0.15) is 29.9 Å². The van der Waals surface area contributed by atoms with Gasteiger partial charge in [-0.15, -0.1) is 0 Å². The first-order chi connectivity index (χ1) is 15.8. The van der Waals surface area contributed by atoms with Gasteiger partial charge in [0, 0.05) is 19.4 Å². The van der Waals surface area contributed by atoms with Gasteiger partial charge in [0.15, 0.2) is 0 Å². The molecule has 0 radical (unpaired) electrons. The van der Waals surface area contributed by atoms with Crippen LogP contribution in [0.5, 0.6) is 0 Å². The second-order valence-corrected chi connectivity index (χ2v) is 9.98. The summed E-state index contributed by atoms with van der Waals surface area (Å²) in [6.07, 6.45) is 18.2. The van der Waals surface area contributed by atoms with Crippen LogP contribution in [0.15, 0.2) is 48.3 Å². The van der Waals surface area contributed by atoms with E-state index in [2.05, 4.69) is 6.58 Å². The monoisotopic (exact) mass is 460 g/mol. The van der Waals surface area contributed by atoms with Gasteiger partial charge in [-0.05, 0) is 43.8 Å². The fourth-order valence-electron chi connectivity index (χ4n) is 5.08. The van der Waals surface area contributed by atoms with Crippen LogP contribution >= 0.6 is 0 Å². The fraction of sp³-hybridized carbons (Fsp3) is 0.690. The Bertz CT molecular complexity index is 702. The minimum atomic E-state index is -1.18. The van der Waals surface area contributed by atoms with Gasteiger partial charge in [-0.25, -0.2) is 4.39 Å². The van der Waals surface area contributed by atoms with Crippen LogP contribution in [0.1, 0.15) is 85.0 Å². The van der Waals surface area contributed by atoms with Crippen molar-refractivity contribution in [1.82, 2.24) is 0 Å². The van der Waals surface area contributed by atoms with Gasteiger partial charge < -0.3 is 9.47 Å². The Morgan fingerprint density at radius 3 is 2.64 bits per heavy atom. The van der Waals surface area contributed by atoms with Gasteiger partial charge in [0.25, 0.3) is 0 Å². The molecule has 5 atom stereocenters. The SMILES string of the molecule is C=C1/C=C/CC/C=C/C(OC)[C@@H](F)[C@H](C)/C=C(/C)C([C@H](C)C(=O)CCCC2CCCCC2)O1. The van der Waals surface area contributed by atoms with Crippen molar-refractivity contribution in [2.24, 2.45) is 17.8 Å². The maximum absolute atomic E-state index is 15.1. The first-order valence-electron chi connectivity index (χ1n) is 12.9. The smallest absolute Gasteiger partial charge is 0.139 e. The minimum Gasteiger partial charge on any atom is -0.486 e. The number of ether oxygens (including phenoxy) is 2. The van der Waals surface area contributed by atoms with Crippen LogP contribution in [0, 0.1) is 17.8 Å². The number of carbonyl (C=O) groups excluding carboxylic acids is 1. The van der Waals surface area contributed by atoms with E-state index in [1.807, 2.05) is 51.2 Å². The summed E-state index contributed by atoms with van der Waals surface area (Å²) < 4.78 is 26.7. The lowest BCUT2D eigenvalue weighted by Crippen LogP contribution is -2.31. The Labute approximate surface area is 201 Å². The molecule has 2 unspecified atom stereocenters. The molecule has 1 saturated carbocycles. The first kappa shape index (κ1) is 27.6. The molecular formula is C29H45FO3. The zero-order chi connectivity index (χ0) is 24.2. The Morgan fingerprint density at radius 2 is 1.94 bits per heavy atom. The lowest BCUT2D eigenvalue weighted by molar-refractivity contribution is -0.125. The van der Waals surface area contributed by atoms with Crippen LogP contribution in [-0.4, -0.2) is 31.3 Å². The average Bonchev–Trinajstić information content (AvgIpc) is 2.81. The molecule has 1 aliphatic carbocycles. The van der Waals surface area contributed by atoms with Crippen LogP contribution in [0.2, 0.25) is 0 Å². The van der Waals surface area contributed by atoms with E-state index in [1.165, 1.54) is 39.2 Å². The molecule has 1 fully saturated rings. The molecule has 2 aliphatic rings. The van der Waals surface area contributed by atoms with E-state index in [-0.39, 0.29) is 17.6 Å². The maximum Gasteiger partial charge on any atom is 0.139 e. The van der Waals surface area contributed by atoms with E-state index >= 15 is 4.39 Å². The maximum atomic E-state index is 15.1. The molecule has 0 saturated heterocycles. The van der Waals surface area contributed by atoms with Crippen LogP contribution in [-0.2, 0) is 14.3 Å². The van der Waals surface area contributed by atoms with Crippen molar-refractivity contribution in [1.29, 1.82) is 0 Å². The third-order valence-electron chi connectivity index (χ3n) is 7.19. The highest BCUT2D eigenvalue weighted by Crippen LogP contribution is 2.29. The van der Waals surface area contributed by atoms with Crippen molar-refractivity contribution in [3.05, 3.63) is 48.3 Å². The topological polar surface area (TPSA) is 35.5 Å². The minimum absolute atomic E-state index is 0.212. The Balaban J connectivity index is 2.12. The summed E-state index contributed by atoms with van der Waals surface area (Å²) in [5.41, 5.74) is 0.865. The number of hydrogen-bond acceptors (Lipinski definition) is 3. The van der Waals surface area contributed by atoms with E-state index in [0.717, 1.165) is 37.2 Å². The van der Waals surface area contributed by atoms with Gasteiger partial charge >= 0.3 is 0 Å². The number of halogens is 1. The van der Waals surface area contributed by atoms with Crippen LogP contribution in [0.4, 0.5) is 4.39 Å². The van der Waals surface area contributed by atoms with Crippen LogP contribution < -0.4 is 0 Å². The van der Waals surface area contributed by atoms with Gasteiger partial charge in [0.2, 0.25) is 0 Å². The lowest BCUT2D eigenvalue weighted by atomic mass is 9.84. The molecule has 2 rings (SSSR count). The Kier molecular flexibility index (Phi) is 12.2. The highest BCUT2D eigenvalue weighted by atomic mass is 19.1. The van der Waals surface area contributed by atoms with Gasteiger partial charge in [-0.1, -0.05) is 83.3 Å². The van der Waals surface area contributed by atoms with E-state index < -0.39 is 18.4 Å². The molecule has 186 valence electrons. The number of methoxy groups -OCH3 is 1. The summed E-state index contributed by atoms with van der Waals surface area (Å²) in [6, 6.07) is 0. The molecule has 33 heavy (non-hydrogen) atoms. The predicted octanol–water partition coefficient (Wildman–Crippen LogP) is 7.68. The van der Waals surface area contributed by atoms with E-state index in [9.17, 15) is 4.79 Å². The molecule has 0 spiro atoms. The van der Waals surface area contributed by atoms with Crippen LogP contribution in [0.3, 0.4) is 0 Å². The highest BCUT2D eigenvalue weighted by molar-refractivity contribution is 5.81. The van der Waals surface area contributed by atoms with Crippen molar-refractivity contribution in [2.75, 3.05) is 7.11 Å². The number of allylic oxidation sites excluding steroid dienone is 4. The van der Waals surface area contributed by atoms with Crippen LogP contribution in [0.25, 0.3) is 0 Å². The number of ketones is 1. The van der Waals surface area contributed by atoms with E-state index in [4.69, 9.17) is 9.47 Å². The van der Waals surface area contributed by atoms with Crippen molar-refractivity contribution < 1.29 is 18.7 Å². The molecule has 0 N–H and O–H groups in total. The molecule has 0 amide bonds. The van der Waals surface area contributed by atoms with E-state index in [1.54, 1.807) is 0 Å². The van der Waals surface area contributed by atoms with Gasteiger partial charge in [0.05, 0.1) is 5.92 Å². The van der Waals surface area contributed by atoms with Crippen molar-refractivity contribution in [3.63, 3.8) is 0 Å². The number of hydrogen-bond donors (Lipinski definition) is 0. The summed E-state index contributed by atoms with van der Waals surface area (Å²) >= 11 is 0. The lowest BCUT2D eigenvalue weighted by Gasteiger charge is -2.28. The number of alkyl halides is 1. The zero-order valence-corrected chi connectivity index (χ0v) is 21.2.